The highest BCUT2D eigenvalue weighted by atomic mass is 19.1. The first kappa shape index (κ1) is 57.3. The molecule has 2 heterocycles. The number of carboxylic acid groups (broad SMARTS) is 1. The van der Waals surface area contributed by atoms with Crippen molar-refractivity contribution >= 4 is 53.2 Å². The number of nitrogens with two attached hydrogens (primary N) is 1. The smallest absolute Gasteiger partial charge is 0.326 e. The lowest BCUT2D eigenvalue weighted by Gasteiger charge is -2.41. The number of halogens is 2. The fourth-order valence-electron chi connectivity index (χ4n) is 8.12. The molecule has 5 atom stereocenters. The maximum Gasteiger partial charge on any atom is 0.326 e. The average molecular weight is 1000 g/mol. The number of imide groups is 1. The zero-order valence-corrected chi connectivity index (χ0v) is 41.8. The second-order valence-electron chi connectivity index (χ2n) is 19.2. The van der Waals surface area contributed by atoms with Gasteiger partial charge in [-0.3, -0.25) is 43.3 Å². The summed E-state index contributed by atoms with van der Waals surface area (Å²) >= 11 is 0. The van der Waals surface area contributed by atoms with Gasteiger partial charge in [-0.25, -0.2) is 13.6 Å². The van der Waals surface area contributed by atoms with Crippen molar-refractivity contribution in [2.24, 2.45) is 17.1 Å². The summed E-state index contributed by atoms with van der Waals surface area (Å²) in [6.07, 6.45) is 4.36. The van der Waals surface area contributed by atoms with Crippen LogP contribution in [0.4, 0.5) is 8.78 Å². The molecule has 3 aromatic rings. The fourth-order valence-corrected chi connectivity index (χ4v) is 8.12. The molecule has 0 radical (unpaired) electrons. The van der Waals surface area contributed by atoms with Crippen LogP contribution in [0.2, 0.25) is 0 Å². The first-order chi connectivity index (χ1) is 33.9. The van der Waals surface area contributed by atoms with Crippen molar-refractivity contribution in [3.05, 3.63) is 95.8 Å². The molecule has 4 rings (SSSR count). The summed E-state index contributed by atoms with van der Waals surface area (Å²) < 4.78 is 31.4. The Kier molecular flexibility index (Phi) is 20.9. The van der Waals surface area contributed by atoms with Crippen molar-refractivity contribution in [2.45, 2.75) is 117 Å². The zero-order valence-electron chi connectivity index (χ0n) is 41.8. The number of aliphatic carboxylic acids is 1. The number of unbranched alkanes of at least 4 members (excludes halogenated alkanes) is 1. The van der Waals surface area contributed by atoms with E-state index in [0.717, 1.165) is 35.9 Å². The SMILES string of the molecule is CC(=O)N(CCC(N)C(=O)NCCC(=O)NCCCCC(NC(=O)C(C)NC(=O)[C@@H](NC(=O)CN1C(=O)C=CC1=O)C(C)C)C(=O)O)C(c1cc(-c2cc(F)ccc2F)cn1Cc1ccccc1)C(C)(C)C. The Bertz CT molecular complexity index is 2470. The van der Waals surface area contributed by atoms with Crippen molar-refractivity contribution in [3.63, 3.8) is 0 Å². The molecule has 4 unspecified atom stereocenters. The third kappa shape index (κ3) is 16.7. The van der Waals surface area contributed by atoms with Crippen LogP contribution in [0, 0.1) is 23.0 Å². The summed E-state index contributed by atoms with van der Waals surface area (Å²) in [5.74, 6) is -7.88. The number of aromatic nitrogens is 1. The maximum atomic E-state index is 15.1. The van der Waals surface area contributed by atoms with Crippen LogP contribution < -0.4 is 32.3 Å². The third-order valence-electron chi connectivity index (χ3n) is 11.9. The van der Waals surface area contributed by atoms with E-state index in [1.54, 1.807) is 31.0 Å². The van der Waals surface area contributed by atoms with Gasteiger partial charge in [0, 0.05) is 74.7 Å². The van der Waals surface area contributed by atoms with Gasteiger partial charge < -0.3 is 46.9 Å². The lowest BCUT2D eigenvalue weighted by Crippen LogP contribution is -2.57. The molecule has 1 aliphatic heterocycles. The Balaban J connectivity index is 1.23. The first-order valence-corrected chi connectivity index (χ1v) is 23.8. The number of nitrogens with zero attached hydrogens (tertiary/aromatic N) is 3. The van der Waals surface area contributed by atoms with Gasteiger partial charge in [0.05, 0.1) is 12.1 Å². The molecule has 390 valence electrons. The summed E-state index contributed by atoms with van der Waals surface area (Å²) in [5.41, 5.74) is 7.84. The number of amides is 8. The van der Waals surface area contributed by atoms with Crippen molar-refractivity contribution in [3.8, 4) is 11.1 Å². The molecule has 0 fully saturated rings. The van der Waals surface area contributed by atoms with Gasteiger partial charge in [0.1, 0.15) is 36.3 Å². The number of nitrogens with one attached hydrogen (secondary N) is 5. The van der Waals surface area contributed by atoms with Gasteiger partial charge in [0.15, 0.2) is 0 Å². The molecule has 0 bridgehead atoms. The van der Waals surface area contributed by atoms with Crippen LogP contribution in [0.15, 0.2) is 72.9 Å². The van der Waals surface area contributed by atoms with Crippen LogP contribution in [-0.2, 0) is 49.7 Å². The van der Waals surface area contributed by atoms with E-state index in [1.165, 1.54) is 13.8 Å². The normalized spacial score (nSPS) is 14.5. The second kappa shape index (κ2) is 26.2. The topological polar surface area (TPSA) is 271 Å². The van der Waals surface area contributed by atoms with E-state index in [-0.39, 0.29) is 56.8 Å². The van der Waals surface area contributed by atoms with E-state index in [4.69, 9.17) is 5.73 Å². The number of hydrogen-bond acceptors (Lipinski definition) is 10. The zero-order chi connectivity index (χ0) is 53.4. The third-order valence-corrected chi connectivity index (χ3v) is 11.9. The highest BCUT2D eigenvalue weighted by Gasteiger charge is 2.37. The molecule has 19 nitrogen and oxygen atoms in total. The molecule has 0 aliphatic carbocycles. The minimum Gasteiger partial charge on any atom is -0.480 e. The summed E-state index contributed by atoms with van der Waals surface area (Å²) in [5, 5.41) is 22.4. The first-order valence-electron chi connectivity index (χ1n) is 23.8. The molecular formula is C51H67F2N9O10. The predicted molar refractivity (Wildman–Crippen MR) is 262 cm³/mol. The van der Waals surface area contributed by atoms with Gasteiger partial charge in [0.25, 0.3) is 11.8 Å². The largest absolute Gasteiger partial charge is 0.480 e. The van der Waals surface area contributed by atoms with Crippen LogP contribution in [-0.4, -0.2) is 123 Å². The molecule has 21 heteroatoms. The standard InChI is InChI=1S/C51H67F2N9O10/c1-30(2)45(59-42(65)29-62-43(66)18-19-44(62)67)49(70)57-31(3)47(68)58-39(50(71)72)15-11-12-22-55-41(64)20-23-56-48(69)38(54)21-24-61(32(4)63)46(51(5,6)7)40-25-34(36-26-35(52)16-17-37(36)53)28-60(40)27-33-13-9-8-10-14-33/h8-10,13-14,16-19,25-26,28,30-31,38-39,45-46H,11-12,15,20-24,27,29,54H2,1-7H3,(H,55,64)(H,56,69)(H,57,70)(H,58,68)(H,59,65)(H,71,72)/t31?,38?,39?,45-,46?/m0/s1. The molecule has 1 aliphatic rings. The van der Waals surface area contributed by atoms with Gasteiger partial charge in [-0.15, -0.1) is 0 Å². The van der Waals surface area contributed by atoms with Crippen LogP contribution in [0.5, 0.6) is 0 Å². The summed E-state index contributed by atoms with van der Waals surface area (Å²) in [4.78, 5) is 116. The Labute approximate surface area is 417 Å². The lowest BCUT2D eigenvalue weighted by atomic mass is 9.82. The van der Waals surface area contributed by atoms with E-state index in [0.29, 0.717) is 29.1 Å². The van der Waals surface area contributed by atoms with E-state index in [1.807, 2.05) is 55.7 Å². The van der Waals surface area contributed by atoms with Crippen molar-refractivity contribution < 1.29 is 57.0 Å². The fraction of sp³-hybridized carbons (Fsp3) is 0.471. The maximum absolute atomic E-state index is 15.1. The minimum atomic E-state index is -1.32. The molecule has 0 saturated heterocycles. The van der Waals surface area contributed by atoms with E-state index in [2.05, 4.69) is 26.6 Å². The van der Waals surface area contributed by atoms with E-state index >= 15 is 4.39 Å². The van der Waals surface area contributed by atoms with Gasteiger partial charge in [0.2, 0.25) is 35.4 Å². The van der Waals surface area contributed by atoms with Crippen LogP contribution >= 0.6 is 0 Å². The van der Waals surface area contributed by atoms with E-state index in [9.17, 15) is 52.6 Å². The van der Waals surface area contributed by atoms with Gasteiger partial charge >= 0.3 is 5.97 Å². The van der Waals surface area contributed by atoms with Gasteiger partial charge in [-0.2, -0.15) is 0 Å². The van der Waals surface area contributed by atoms with Crippen molar-refractivity contribution in [1.29, 1.82) is 0 Å². The number of carbonyl (C=O) groups is 9. The lowest BCUT2D eigenvalue weighted by molar-refractivity contribution is -0.142. The Morgan fingerprint density at radius 1 is 0.792 bits per heavy atom. The number of rotatable bonds is 26. The van der Waals surface area contributed by atoms with Crippen molar-refractivity contribution in [1.82, 2.24) is 41.0 Å². The molecular weight excluding hydrogens is 937 g/mol. The molecule has 72 heavy (non-hydrogen) atoms. The number of hydrogen-bond donors (Lipinski definition) is 7. The number of carbonyl (C=O) groups excluding carboxylic acids is 8. The van der Waals surface area contributed by atoms with Gasteiger partial charge in [-0.1, -0.05) is 65.0 Å². The summed E-state index contributed by atoms with van der Waals surface area (Å²) in [7, 11) is 0. The van der Waals surface area contributed by atoms with Gasteiger partial charge in [-0.05, 0) is 73.8 Å². The Morgan fingerprint density at radius 3 is 2.07 bits per heavy atom. The van der Waals surface area contributed by atoms with Crippen LogP contribution in [0.25, 0.3) is 11.1 Å². The monoisotopic (exact) mass is 1000 g/mol. The summed E-state index contributed by atoms with van der Waals surface area (Å²) in [6, 6.07) is 9.22. The molecule has 2 aromatic carbocycles. The predicted octanol–water partition coefficient (Wildman–Crippen LogP) is 3.07. The Hall–Kier alpha value is -7.29. The molecule has 8 N–H and O–H groups in total. The van der Waals surface area contributed by atoms with Crippen molar-refractivity contribution in [2.75, 3.05) is 26.2 Å². The quantitative estimate of drug-likeness (QED) is 0.0454. The van der Waals surface area contributed by atoms with E-state index < -0.39 is 107 Å². The van der Waals surface area contributed by atoms with Crippen LogP contribution in [0.1, 0.15) is 97.9 Å². The minimum absolute atomic E-state index is 0.00699. The highest BCUT2D eigenvalue weighted by Crippen LogP contribution is 2.41. The molecule has 0 spiro atoms. The highest BCUT2D eigenvalue weighted by molar-refractivity contribution is 6.14. The molecule has 8 amide bonds. The number of carboxylic acids is 1. The summed E-state index contributed by atoms with van der Waals surface area (Å²) in [6.45, 7) is 11.8. The van der Waals surface area contributed by atoms with Crippen LogP contribution in [0.3, 0.4) is 0 Å². The number of benzene rings is 2. The molecule has 1 aromatic heterocycles. The molecule has 0 saturated carbocycles. The average Bonchev–Trinajstić information content (AvgIpc) is 3.86. The second-order valence-corrected chi connectivity index (χ2v) is 19.2. The Morgan fingerprint density at radius 2 is 1.46 bits per heavy atom.